The highest BCUT2D eigenvalue weighted by Gasteiger charge is 1.98. The van der Waals surface area contributed by atoms with Gasteiger partial charge in [0.25, 0.3) is 0 Å². The standard InChI is InChI=1S/C16H19NO2S/c1-20(19)16-8-4-14(5-9-16)12-17-15-6-2-13(3-7-15)10-11-18/h2-9,17-18H,10-12H2,1H3. The van der Waals surface area contributed by atoms with Gasteiger partial charge in [0.05, 0.1) is 0 Å². The second-order valence-electron chi connectivity index (χ2n) is 4.62. The highest BCUT2D eigenvalue weighted by Crippen LogP contribution is 2.13. The topological polar surface area (TPSA) is 49.3 Å². The average Bonchev–Trinajstić information content (AvgIpc) is 2.47. The van der Waals surface area contributed by atoms with Crippen LogP contribution in [0.2, 0.25) is 0 Å². The van der Waals surface area contributed by atoms with Gasteiger partial charge in [-0.05, 0) is 41.8 Å². The Labute approximate surface area is 122 Å². The summed E-state index contributed by atoms with van der Waals surface area (Å²) in [7, 11) is -0.923. The zero-order chi connectivity index (χ0) is 14.4. The fourth-order valence-electron chi connectivity index (χ4n) is 1.92. The SMILES string of the molecule is CS(=O)c1ccc(CNc2ccc(CCO)cc2)cc1. The van der Waals surface area contributed by atoms with Crippen LogP contribution in [0.5, 0.6) is 0 Å². The summed E-state index contributed by atoms with van der Waals surface area (Å²) in [6.07, 6.45) is 2.37. The number of aliphatic hydroxyl groups excluding tert-OH is 1. The molecule has 4 heteroatoms. The summed E-state index contributed by atoms with van der Waals surface area (Å²) < 4.78 is 11.3. The molecule has 1 unspecified atom stereocenters. The third kappa shape index (κ3) is 4.18. The van der Waals surface area contributed by atoms with Crippen LogP contribution in [0.25, 0.3) is 0 Å². The average molecular weight is 289 g/mol. The monoisotopic (exact) mass is 289 g/mol. The molecule has 20 heavy (non-hydrogen) atoms. The minimum atomic E-state index is -0.923. The Morgan fingerprint density at radius 2 is 1.60 bits per heavy atom. The smallest absolute Gasteiger partial charge is 0.0498 e. The van der Waals surface area contributed by atoms with Crippen molar-refractivity contribution in [3.63, 3.8) is 0 Å². The Morgan fingerprint density at radius 1 is 1.00 bits per heavy atom. The van der Waals surface area contributed by atoms with E-state index in [1.807, 2.05) is 48.5 Å². The van der Waals surface area contributed by atoms with Crippen LogP contribution in [0.1, 0.15) is 11.1 Å². The molecule has 0 aliphatic rings. The summed E-state index contributed by atoms with van der Waals surface area (Å²) >= 11 is 0. The molecule has 2 aromatic rings. The van der Waals surface area contributed by atoms with E-state index in [0.29, 0.717) is 6.42 Å². The molecule has 2 rings (SSSR count). The lowest BCUT2D eigenvalue weighted by atomic mass is 10.1. The first-order chi connectivity index (χ1) is 9.69. The Balaban J connectivity index is 1.92. The fourth-order valence-corrected chi connectivity index (χ4v) is 2.44. The number of hydrogen-bond donors (Lipinski definition) is 2. The van der Waals surface area contributed by atoms with Gasteiger partial charge in [-0.15, -0.1) is 0 Å². The minimum Gasteiger partial charge on any atom is -0.396 e. The van der Waals surface area contributed by atoms with E-state index in [-0.39, 0.29) is 6.61 Å². The van der Waals surface area contributed by atoms with Crippen molar-refractivity contribution < 1.29 is 9.32 Å². The van der Waals surface area contributed by atoms with E-state index in [4.69, 9.17) is 5.11 Å². The van der Waals surface area contributed by atoms with E-state index >= 15 is 0 Å². The molecular formula is C16H19NO2S. The Hall–Kier alpha value is -1.65. The molecule has 0 aromatic heterocycles. The van der Waals surface area contributed by atoms with E-state index in [1.165, 1.54) is 0 Å². The third-order valence-electron chi connectivity index (χ3n) is 3.11. The van der Waals surface area contributed by atoms with E-state index < -0.39 is 10.8 Å². The minimum absolute atomic E-state index is 0.178. The molecule has 0 spiro atoms. The largest absolute Gasteiger partial charge is 0.396 e. The maximum Gasteiger partial charge on any atom is 0.0498 e. The highest BCUT2D eigenvalue weighted by atomic mass is 32.2. The van der Waals surface area contributed by atoms with Crippen LogP contribution in [0.4, 0.5) is 5.69 Å². The molecule has 3 nitrogen and oxygen atoms in total. The first kappa shape index (κ1) is 14.8. The van der Waals surface area contributed by atoms with E-state index in [2.05, 4.69) is 5.32 Å². The van der Waals surface area contributed by atoms with Crippen LogP contribution >= 0.6 is 0 Å². The Kier molecular flexibility index (Phi) is 5.32. The number of anilines is 1. The molecule has 0 saturated carbocycles. The van der Waals surface area contributed by atoms with Crippen molar-refractivity contribution in [2.75, 3.05) is 18.2 Å². The van der Waals surface area contributed by atoms with Gasteiger partial charge in [-0.25, -0.2) is 0 Å². The molecule has 1 atom stereocenters. The number of aliphatic hydroxyl groups is 1. The summed E-state index contributed by atoms with van der Waals surface area (Å²) in [6, 6.07) is 15.8. The molecular weight excluding hydrogens is 270 g/mol. The summed E-state index contributed by atoms with van der Waals surface area (Å²) in [5.74, 6) is 0. The maximum atomic E-state index is 11.3. The van der Waals surface area contributed by atoms with Crippen molar-refractivity contribution >= 4 is 16.5 Å². The van der Waals surface area contributed by atoms with Crippen molar-refractivity contribution in [1.82, 2.24) is 0 Å². The molecule has 0 bridgehead atoms. The van der Waals surface area contributed by atoms with Gasteiger partial charge in [-0.3, -0.25) is 4.21 Å². The van der Waals surface area contributed by atoms with E-state index in [9.17, 15) is 4.21 Å². The first-order valence-corrected chi connectivity index (χ1v) is 8.11. The molecule has 0 radical (unpaired) electrons. The van der Waals surface area contributed by atoms with Gasteiger partial charge < -0.3 is 10.4 Å². The lowest BCUT2D eigenvalue weighted by Gasteiger charge is -2.08. The molecule has 0 heterocycles. The number of nitrogens with one attached hydrogen (secondary N) is 1. The fraction of sp³-hybridized carbons (Fsp3) is 0.250. The van der Waals surface area contributed by atoms with E-state index in [0.717, 1.165) is 28.3 Å². The molecule has 2 N–H and O–H groups in total. The maximum absolute atomic E-state index is 11.3. The lowest BCUT2D eigenvalue weighted by Crippen LogP contribution is -2.00. The van der Waals surface area contributed by atoms with Crippen LogP contribution in [-0.2, 0) is 23.8 Å². The van der Waals surface area contributed by atoms with E-state index in [1.54, 1.807) is 6.26 Å². The number of benzene rings is 2. The number of rotatable bonds is 6. The Bertz CT molecular complexity index is 564. The normalized spacial score (nSPS) is 12.1. The predicted octanol–water partition coefficient (Wildman–Crippen LogP) is 2.57. The predicted molar refractivity (Wildman–Crippen MR) is 83.3 cm³/mol. The van der Waals surface area contributed by atoms with Crippen LogP contribution in [0, 0.1) is 0 Å². The van der Waals surface area contributed by atoms with Crippen molar-refractivity contribution in [1.29, 1.82) is 0 Å². The van der Waals surface area contributed by atoms with Gasteiger partial charge in [0.15, 0.2) is 0 Å². The Morgan fingerprint density at radius 3 is 2.15 bits per heavy atom. The van der Waals surface area contributed by atoms with Gasteiger partial charge in [-0.2, -0.15) is 0 Å². The highest BCUT2D eigenvalue weighted by molar-refractivity contribution is 7.84. The van der Waals surface area contributed by atoms with Gasteiger partial charge in [0.1, 0.15) is 0 Å². The molecule has 0 saturated heterocycles. The molecule has 0 aliphatic heterocycles. The second-order valence-corrected chi connectivity index (χ2v) is 6.00. The summed E-state index contributed by atoms with van der Waals surface area (Å²) in [6.45, 7) is 0.911. The quantitative estimate of drug-likeness (QED) is 0.859. The van der Waals surface area contributed by atoms with Crippen molar-refractivity contribution in [3.8, 4) is 0 Å². The zero-order valence-electron chi connectivity index (χ0n) is 11.5. The van der Waals surface area contributed by atoms with Crippen LogP contribution < -0.4 is 5.32 Å². The van der Waals surface area contributed by atoms with Crippen molar-refractivity contribution in [3.05, 3.63) is 59.7 Å². The summed E-state index contributed by atoms with van der Waals surface area (Å²) in [5.41, 5.74) is 3.33. The van der Waals surface area contributed by atoms with Crippen LogP contribution in [0.3, 0.4) is 0 Å². The van der Waals surface area contributed by atoms with Gasteiger partial charge in [-0.1, -0.05) is 24.3 Å². The van der Waals surface area contributed by atoms with Crippen molar-refractivity contribution in [2.24, 2.45) is 0 Å². The molecule has 0 fully saturated rings. The molecule has 2 aromatic carbocycles. The number of hydrogen-bond acceptors (Lipinski definition) is 3. The van der Waals surface area contributed by atoms with Crippen molar-refractivity contribution in [2.45, 2.75) is 17.9 Å². The van der Waals surface area contributed by atoms with Crippen LogP contribution in [0.15, 0.2) is 53.4 Å². The van der Waals surface area contributed by atoms with Crippen LogP contribution in [-0.4, -0.2) is 22.2 Å². The summed E-state index contributed by atoms with van der Waals surface area (Å²) in [5, 5.41) is 12.2. The lowest BCUT2D eigenvalue weighted by molar-refractivity contribution is 0.299. The summed E-state index contributed by atoms with van der Waals surface area (Å²) in [4.78, 5) is 0.849. The molecule has 106 valence electrons. The van der Waals surface area contributed by atoms with Gasteiger partial charge >= 0.3 is 0 Å². The van der Waals surface area contributed by atoms with Gasteiger partial charge in [0.2, 0.25) is 0 Å². The second kappa shape index (κ2) is 7.22. The first-order valence-electron chi connectivity index (χ1n) is 6.55. The molecule has 0 aliphatic carbocycles. The zero-order valence-corrected chi connectivity index (χ0v) is 12.3. The third-order valence-corrected chi connectivity index (χ3v) is 4.04. The van der Waals surface area contributed by atoms with Gasteiger partial charge in [0, 0.05) is 40.8 Å². The molecule has 0 amide bonds.